The van der Waals surface area contributed by atoms with E-state index in [2.05, 4.69) is 37.9 Å². The molecule has 1 saturated heterocycles. The number of H-pyrrole nitrogens is 1. The van der Waals surface area contributed by atoms with Crippen molar-refractivity contribution in [3.8, 4) is 0 Å². The zero-order valence-electron chi connectivity index (χ0n) is 12.9. The molecule has 0 saturated carbocycles. The molecular formula is C16H21N5OS. The van der Waals surface area contributed by atoms with Crippen molar-refractivity contribution in [2.75, 3.05) is 25.4 Å². The maximum Gasteiger partial charge on any atom is 0.251 e. The molecule has 3 rings (SSSR count). The Morgan fingerprint density at radius 2 is 2.22 bits per heavy atom. The molecule has 7 heteroatoms. The van der Waals surface area contributed by atoms with Crippen LogP contribution in [0.4, 0.5) is 0 Å². The highest BCUT2D eigenvalue weighted by atomic mass is 32.2. The van der Waals surface area contributed by atoms with Crippen molar-refractivity contribution in [3.05, 3.63) is 41.7 Å². The molecule has 3 N–H and O–H groups in total. The van der Waals surface area contributed by atoms with Gasteiger partial charge in [-0.3, -0.25) is 9.89 Å². The van der Waals surface area contributed by atoms with Crippen molar-refractivity contribution in [3.63, 3.8) is 0 Å². The number of amides is 1. The van der Waals surface area contributed by atoms with Gasteiger partial charge < -0.3 is 10.6 Å². The Hall–Kier alpha value is -1.86. The van der Waals surface area contributed by atoms with Crippen molar-refractivity contribution in [2.24, 2.45) is 0 Å². The van der Waals surface area contributed by atoms with E-state index in [-0.39, 0.29) is 5.91 Å². The molecule has 1 atom stereocenters. The number of hydrogen-bond acceptors (Lipinski definition) is 5. The number of aromatic amines is 1. The third kappa shape index (κ3) is 4.56. The lowest BCUT2D eigenvalue weighted by Gasteiger charge is -2.23. The van der Waals surface area contributed by atoms with E-state index < -0.39 is 0 Å². The van der Waals surface area contributed by atoms with Crippen LogP contribution in [0.25, 0.3) is 0 Å². The molecule has 0 unspecified atom stereocenters. The van der Waals surface area contributed by atoms with Crippen LogP contribution in [0.15, 0.2) is 35.7 Å². The number of piperidine rings is 1. The minimum absolute atomic E-state index is 0.0310. The number of nitrogens with one attached hydrogen (secondary N) is 3. The average Bonchev–Trinajstić information content (AvgIpc) is 3.13. The first-order valence-electron chi connectivity index (χ1n) is 7.90. The molecule has 0 aliphatic carbocycles. The van der Waals surface area contributed by atoms with Gasteiger partial charge in [-0.25, -0.2) is 4.98 Å². The molecule has 0 spiro atoms. The topological polar surface area (TPSA) is 82.7 Å². The first kappa shape index (κ1) is 16.0. The lowest BCUT2D eigenvalue weighted by atomic mass is 9.91. The molecule has 1 aliphatic heterocycles. The van der Waals surface area contributed by atoms with E-state index in [0.29, 0.717) is 18.0 Å². The first-order valence-corrected chi connectivity index (χ1v) is 8.88. The Bertz CT molecular complexity index is 608. The van der Waals surface area contributed by atoms with Crippen molar-refractivity contribution in [1.29, 1.82) is 0 Å². The van der Waals surface area contributed by atoms with Crippen molar-refractivity contribution in [2.45, 2.75) is 23.9 Å². The molecule has 6 nitrogen and oxygen atoms in total. The van der Waals surface area contributed by atoms with Gasteiger partial charge in [-0.05, 0) is 43.0 Å². The summed E-state index contributed by atoms with van der Waals surface area (Å²) in [4.78, 5) is 16.1. The second-order valence-corrected chi connectivity index (χ2v) is 6.64. The summed E-state index contributed by atoms with van der Waals surface area (Å²) >= 11 is 1.53. The summed E-state index contributed by atoms with van der Waals surface area (Å²) < 4.78 is 0. The van der Waals surface area contributed by atoms with Crippen LogP contribution in [0.5, 0.6) is 0 Å². The second kappa shape index (κ2) is 8.12. The predicted octanol–water partition coefficient (Wildman–Crippen LogP) is 1.79. The number of hydrogen-bond donors (Lipinski definition) is 3. The molecule has 2 aromatic rings. The van der Waals surface area contributed by atoms with Gasteiger partial charge >= 0.3 is 0 Å². The van der Waals surface area contributed by atoms with Crippen LogP contribution in [-0.2, 0) is 0 Å². The van der Waals surface area contributed by atoms with Crippen molar-refractivity contribution >= 4 is 17.7 Å². The van der Waals surface area contributed by atoms with Crippen LogP contribution in [0.1, 0.15) is 34.7 Å². The van der Waals surface area contributed by atoms with Gasteiger partial charge in [0.2, 0.25) is 0 Å². The Morgan fingerprint density at radius 1 is 1.35 bits per heavy atom. The van der Waals surface area contributed by atoms with Crippen LogP contribution < -0.4 is 10.6 Å². The quantitative estimate of drug-likeness (QED) is 0.555. The zero-order valence-corrected chi connectivity index (χ0v) is 13.7. The lowest BCUT2D eigenvalue weighted by molar-refractivity contribution is 0.0956. The summed E-state index contributed by atoms with van der Waals surface area (Å²) in [7, 11) is 0. The molecule has 0 bridgehead atoms. The van der Waals surface area contributed by atoms with Crippen LogP contribution in [-0.4, -0.2) is 46.5 Å². The van der Waals surface area contributed by atoms with Gasteiger partial charge in [0, 0.05) is 24.4 Å². The highest BCUT2D eigenvalue weighted by molar-refractivity contribution is 7.99. The summed E-state index contributed by atoms with van der Waals surface area (Å²) in [6, 6.07) is 8.00. The van der Waals surface area contributed by atoms with Gasteiger partial charge in [0.05, 0.1) is 0 Å². The number of carbonyl (C=O) groups excluding carboxylic acids is 1. The fourth-order valence-corrected chi connectivity index (χ4v) is 3.36. The van der Waals surface area contributed by atoms with Crippen molar-refractivity contribution < 1.29 is 4.79 Å². The minimum Gasteiger partial charge on any atom is -0.351 e. The molecule has 1 fully saturated rings. The molecule has 1 aromatic carbocycles. The average molecular weight is 331 g/mol. The van der Waals surface area contributed by atoms with E-state index in [1.807, 2.05) is 12.1 Å². The first-order chi connectivity index (χ1) is 11.3. The largest absolute Gasteiger partial charge is 0.351 e. The third-order valence-corrected chi connectivity index (χ3v) is 4.84. The highest BCUT2D eigenvalue weighted by Crippen LogP contribution is 2.23. The summed E-state index contributed by atoms with van der Waals surface area (Å²) in [5.41, 5.74) is 2.02. The van der Waals surface area contributed by atoms with E-state index in [1.54, 1.807) is 0 Å². The van der Waals surface area contributed by atoms with E-state index in [4.69, 9.17) is 0 Å². The molecule has 2 heterocycles. The summed E-state index contributed by atoms with van der Waals surface area (Å²) in [6.45, 7) is 2.74. The SMILES string of the molecule is O=C(NCCSc1ncn[nH]1)c1ccc([C@@H]2CCCNC2)cc1. The van der Waals surface area contributed by atoms with Gasteiger partial charge in [-0.15, -0.1) is 0 Å². The minimum atomic E-state index is -0.0310. The fourth-order valence-electron chi connectivity index (χ4n) is 2.72. The molecular weight excluding hydrogens is 310 g/mol. The Morgan fingerprint density at radius 3 is 2.91 bits per heavy atom. The van der Waals surface area contributed by atoms with Gasteiger partial charge in [0.1, 0.15) is 6.33 Å². The molecule has 122 valence electrons. The van der Waals surface area contributed by atoms with Gasteiger partial charge in [0.15, 0.2) is 5.16 Å². The predicted molar refractivity (Wildman–Crippen MR) is 90.7 cm³/mol. The smallest absolute Gasteiger partial charge is 0.251 e. The second-order valence-electron chi connectivity index (χ2n) is 5.56. The van der Waals surface area contributed by atoms with E-state index in [9.17, 15) is 4.79 Å². The zero-order chi connectivity index (χ0) is 15.9. The Kier molecular flexibility index (Phi) is 5.65. The Labute approximate surface area is 139 Å². The van der Waals surface area contributed by atoms with E-state index in [0.717, 1.165) is 24.0 Å². The number of aromatic nitrogens is 3. The highest BCUT2D eigenvalue weighted by Gasteiger charge is 2.15. The maximum absolute atomic E-state index is 12.1. The Balaban J connectivity index is 1.45. The van der Waals surface area contributed by atoms with Crippen molar-refractivity contribution in [1.82, 2.24) is 25.8 Å². The van der Waals surface area contributed by atoms with Gasteiger partial charge in [0.25, 0.3) is 5.91 Å². The molecule has 0 radical (unpaired) electrons. The van der Waals surface area contributed by atoms with Gasteiger partial charge in [-0.2, -0.15) is 5.10 Å². The number of nitrogens with zero attached hydrogens (tertiary/aromatic N) is 2. The number of carbonyl (C=O) groups is 1. The molecule has 1 aliphatic rings. The molecule has 1 aromatic heterocycles. The fraction of sp³-hybridized carbons (Fsp3) is 0.438. The van der Waals surface area contributed by atoms with Crippen LogP contribution in [0, 0.1) is 0 Å². The summed E-state index contributed by atoms with van der Waals surface area (Å²) in [5, 5.41) is 13.7. The summed E-state index contributed by atoms with van der Waals surface area (Å²) in [5.74, 6) is 1.29. The van der Waals surface area contributed by atoms with E-state index in [1.165, 1.54) is 36.5 Å². The number of rotatable bonds is 6. The number of benzene rings is 1. The van der Waals surface area contributed by atoms with Crippen LogP contribution >= 0.6 is 11.8 Å². The number of thioether (sulfide) groups is 1. The lowest BCUT2D eigenvalue weighted by Crippen LogP contribution is -2.28. The monoisotopic (exact) mass is 331 g/mol. The van der Waals surface area contributed by atoms with Gasteiger partial charge in [-0.1, -0.05) is 23.9 Å². The van der Waals surface area contributed by atoms with Crippen LogP contribution in [0.3, 0.4) is 0 Å². The molecule has 23 heavy (non-hydrogen) atoms. The summed E-state index contributed by atoms with van der Waals surface area (Å²) in [6.07, 6.45) is 3.91. The van der Waals surface area contributed by atoms with E-state index >= 15 is 0 Å². The maximum atomic E-state index is 12.1. The van der Waals surface area contributed by atoms with Crippen LogP contribution in [0.2, 0.25) is 0 Å². The standard InChI is InChI=1S/C16H21N5OS/c22-15(18-8-9-23-16-19-11-20-21-16)13-5-3-12(4-6-13)14-2-1-7-17-10-14/h3-6,11,14,17H,1-2,7-10H2,(H,18,22)(H,19,20,21)/t14-/m1/s1. The molecule has 1 amide bonds. The third-order valence-electron chi connectivity index (χ3n) is 3.96. The normalized spacial score (nSPS) is 17.8.